The fraction of sp³-hybridized carbons (Fsp3) is 0.565. The summed E-state index contributed by atoms with van der Waals surface area (Å²) in [5.74, 6) is 0.508. The van der Waals surface area contributed by atoms with Crippen molar-refractivity contribution in [1.82, 2.24) is 14.9 Å². The summed E-state index contributed by atoms with van der Waals surface area (Å²) >= 11 is 0. The van der Waals surface area contributed by atoms with Crippen molar-refractivity contribution in [2.24, 2.45) is 10.9 Å². The minimum Gasteiger partial charge on any atom is -0.444 e. The molecule has 1 saturated heterocycles. The number of nitrogens with zero attached hydrogens (tertiary/aromatic N) is 3. The minimum absolute atomic E-state index is 0.0275. The monoisotopic (exact) mass is 455 g/mol. The molecule has 0 radical (unpaired) electrons. The van der Waals surface area contributed by atoms with Crippen LogP contribution >= 0.6 is 0 Å². The predicted molar refractivity (Wildman–Crippen MR) is 123 cm³/mol. The van der Waals surface area contributed by atoms with E-state index in [9.17, 15) is 9.59 Å². The average Bonchev–Trinajstić information content (AvgIpc) is 3.28. The normalized spacial score (nSPS) is 27.3. The molecule has 2 aliphatic heterocycles. The van der Waals surface area contributed by atoms with E-state index in [0.29, 0.717) is 12.4 Å². The lowest BCUT2D eigenvalue weighted by molar-refractivity contribution is -0.160. The SMILES string of the molecule is CC(C)(C)OC(=O)NC[C@H]1C[C@@H](n2cc3ccc(=O)nc4c3c2N=CN4)[C@@H]2OC(C)(C)O[C@H]12. The minimum atomic E-state index is -0.733. The van der Waals surface area contributed by atoms with E-state index in [1.807, 2.05) is 40.8 Å². The number of hydrogen-bond donors (Lipinski definition) is 2. The zero-order valence-corrected chi connectivity index (χ0v) is 19.4. The van der Waals surface area contributed by atoms with Gasteiger partial charge in [0.15, 0.2) is 5.79 Å². The first kappa shape index (κ1) is 21.8. The molecule has 5 rings (SSSR count). The molecule has 4 heterocycles. The Hall–Kier alpha value is -2.98. The summed E-state index contributed by atoms with van der Waals surface area (Å²) in [6.45, 7) is 9.71. The number of ether oxygens (including phenoxy) is 3. The van der Waals surface area contributed by atoms with Crippen LogP contribution in [0.15, 0.2) is 28.1 Å². The molecule has 3 aliphatic rings. The summed E-state index contributed by atoms with van der Waals surface area (Å²) in [5.41, 5.74) is -0.879. The number of aromatic nitrogens is 2. The van der Waals surface area contributed by atoms with Crippen LogP contribution in [0.2, 0.25) is 0 Å². The van der Waals surface area contributed by atoms with Crippen LogP contribution in [0, 0.1) is 5.92 Å². The summed E-state index contributed by atoms with van der Waals surface area (Å²) in [7, 11) is 0. The average molecular weight is 456 g/mol. The summed E-state index contributed by atoms with van der Waals surface area (Å²) in [4.78, 5) is 32.9. The predicted octanol–water partition coefficient (Wildman–Crippen LogP) is 3.09. The van der Waals surface area contributed by atoms with Gasteiger partial charge in [0.2, 0.25) is 0 Å². The maximum Gasteiger partial charge on any atom is 0.407 e. The zero-order chi connectivity index (χ0) is 23.5. The highest BCUT2D eigenvalue weighted by atomic mass is 16.8. The molecule has 10 heteroatoms. The number of aliphatic imine (C=N–C) groups is 1. The van der Waals surface area contributed by atoms with Crippen molar-refractivity contribution in [3.63, 3.8) is 0 Å². The second-order valence-corrected chi connectivity index (χ2v) is 10.2. The highest BCUT2D eigenvalue weighted by Crippen LogP contribution is 2.49. The first-order valence-corrected chi connectivity index (χ1v) is 11.2. The van der Waals surface area contributed by atoms with Gasteiger partial charge in [0.25, 0.3) is 5.56 Å². The van der Waals surface area contributed by atoms with Gasteiger partial charge in [-0.05, 0) is 47.1 Å². The second kappa shape index (κ2) is 7.53. The number of carbonyl (C=O) groups is 1. The van der Waals surface area contributed by atoms with E-state index in [0.717, 1.165) is 23.0 Å². The smallest absolute Gasteiger partial charge is 0.407 e. The van der Waals surface area contributed by atoms with Crippen molar-refractivity contribution in [3.05, 3.63) is 28.7 Å². The number of alkyl carbamates (subject to hydrolysis) is 1. The highest BCUT2D eigenvalue weighted by Gasteiger charge is 2.55. The fourth-order valence-corrected chi connectivity index (χ4v) is 4.97. The van der Waals surface area contributed by atoms with E-state index in [1.165, 1.54) is 6.07 Å². The van der Waals surface area contributed by atoms with E-state index >= 15 is 0 Å². The molecule has 0 spiro atoms. The Bertz CT molecular complexity index is 1200. The Morgan fingerprint density at radius 1 is 1.30 bits per heavy atom. The Kier molecular flexibility index (Phi) is 4.98. The molecule has 4 atom stereocenters. The Morgan fingerprint density at radius 2 is 2.06 bits per heavy atom. The molecule has 2 aromatic heterocycles. The molecule has 1 saturated carbocycles. The maximum atomic E-state index is 12.2. The van der Waals surface area contributed by atoms with Gasteiger partial charge in [-0.25, -0.2) is 9.79 Å². The summed E-state index contributed by atoms with van der Waals surface area (Å²) in [5, 5.41) is 7.53. The largest absolute Gasteiger partial charge is 0.444 e. The Balaban J connectivity index is 1.47. The summed E-state index contributed by atoms with van der Waals surface area (Å²) in [6, 6.07) is 3.15. The van der Waals surface area contributed by atoms with Gasteiger partial charge in [-0.15, -0.1) is 0 Å². The first-order valence-electron chi connectivity index (χ1n) is 11.2. The number of hydrogen-bond acceptors (Lipinski definition) is 8. The van der Waals surface area contributed by atoms with E-state index in [2.05, 4.69) is 25.2 Å². The Labute approximate surface area is 191 Å². The standard InChI is InChI=1S/C23H29N5O5/c1-22(2,3)33-21(30)24-9-13-8-14(18-17(13)31-23(4,5)32-18)28-10-12-6-7-15(29)27-19-16(12)20(28)26-11-25-19/h6-7,10-11,13-14,17-18H,8-9H2,1-5H3,(H,24,30)(H,25,26,27,29)/t13-,14-,17-,18+/m1/s1. The number of carbonyl (C=O) groups excluding carboxylic acids is 1. The van der Waals surface area contributed by atoms with Gasteiger partial charge in [-0.3, -0.25) is 4.79 Å². The van der Waals surface area contributed by atoms with Crippen molar-refractivity contribution in [3.8, 4) is 0 Å². The van der Waals surface area contributed by atoms with Crippen LogP contribution in [0.1, 0.15) is 47.1 Å². The third kappa shape index (κ3) is 4.08. The van der Waals surface area contributed by atoms with Crippen LogP contribution in [0.4, 0.5) is 16.4 Å². The van der Waals surface area contributed by atoms with Crippen molar-refractivity contribution in [2.75, 3.05) is 11.9 Å². The van der Waals surface area contributed by atoms with Crippen LogP contribution in [0.5, 0.6) is 0 Å². The lowest BCUT2D eigenvalue weighted by Crippen LogP contribution is -2.38. The van der Waals surface area contributed by atoms with Gasteiger partial charge in [0.05, 0.1) is 23.9 Å². The molecule has 33 heavy (non-hydrogen) atoms. The third-order valence-corrected chi connectivity index (χ3v) is 6.10. The number of rotatable bonds is 3. The summed E-state index contributed by atoms with van der Waals surface area (Å²) in [6.07, 6.45) is 3.40. The van der Waals surface area contributed by atoms with E-state index in [-0.39, 0.29) is 29.7 Å². The second-order valence-electron chi connectivity index (χ2n) is 10.2. The topological polar surface area (TPSA) is 116 Å². The molecule has 2 fully saturated rings. The van der Waals surface area contributed by atoms with E-state index < -0.39 is 17.5 Å². The highest BCUT2D eigenvalue weighted by molar-refractivity contribution is 6.06. The van der Waals surface area contributed by atoms with Gasteiger partial charge in [-0.1, -0.05) is 0 Å². The van der Waals surface area contributed by atoms with Gasteiger partial charge < -0.3 is 29.4 Å². The molecule has 2 N–H and O–H groups in total. The lowest BCUT2D eigenvalue weighted by Gasteiger charge is -2.25. The van der Waals surface area contributed by atoms with E-state index in [4.69, 9.17) is 14.2 Å². The molecular weight excluding hydrogens is 426 g/mol. The number of fused-ring (bicyclic) bond motifs is 1. The molecular formula is C23H29N5O5. The fourth-order valence-electron chi connectivity index (χ4n) is 4.97. The van der Waals surface area contributed by atoms with Crippen LogP contribution in [0.3, 0.4) is 0 Å². The van der Waals surface area contributed by atoms with Crippen molar-refractivity contribution >= 4 is 34.8 Å². The maximum absolute atomic E-state index is 12.2. The summed E-state index contributed by atoms with van der Waals surface area (Å²) < 4.78 is 20.1. The molecule has 0 bridgehead atoms. The van der Waals surface area contributed by atoms with Crippen molar-refractivity contribution < 1.29 is 19.0 Å². The lowest BCUT2D eigenvalue weighted by atomic mass is 10.1. The number of anilines is 1. The molecule has 1 aliphatic carbocycles. The zero-order valence-electron chi connectivity index (χ0n) is 19.4. The van der Waals surface area contributed by atoms with Crippen molar-refractivity contribution in [2.45, 2.75) is 70.7 Å². The number of amides is 1. The quantitative estimate of drug-likeness (QED) is 0.731. The molecule has 0 unspecified atom stereocenters. The van der Waals surface area contributed by atoms with Gasteiger partial charge in [0, 0.05) is 30.1 Å². The van der Waals surface area contributed by atoms with Crippen LogP contribution in [0.25, 0.3) is 10.8 Å². The molecule has 1 amide bonds. The van der Waals surface area contributed by atoms with Crippen LogP contribution in [-0.4, -0.2) is 52.1 Å². The number of nitrogens with one attached hydrogen (secondary N) is 2. The van der Waals surface area contributed by atoms with E-state index in [1.54, 1.807) is 12.4 Å². The van der Waals surface area contributed by atoms with Gasteiger partial charge in [0.1, 0.15) is 23.3 Å². The van der Waals surface area contributed by atoms with Gasteiger partial charge >= 0.3 is 6.09 Å². The van der Waals surface area contributed by atoms with Crippen molar-refractivity contribution in [1.29, 1.82) is 0 Å². The first-order chi connectivity index (χ1) is 15.5. The van der Waals surface area contributed by atoms with Gasteiger partial charge in [-0.2, -0.15) is 4.98 Å². The molecule has 10 nitrogen and oxygen atoms in total. The Morgan fingerprint density at radius 3 is 2.82 bits per heavy atom. The van der Waals surface area contributed by atoms with Crippen LogP contribution < -0.4 is 16.2 Å². The van der Waals surface area contributed by atoms with Crippen LogP contribution in [-0.2, 0) is 14.2 Å². The molecule has 0 aromatic carbocycles. The molecule has 2 aromatic rings. The molecule has 176 valence electrons. The third-order valence-electron chi connectivity index (χ3n) is 6.10.